The number of benzene rings is 3. The van der Waals surface area contributed by atoms with E-state index in [4.69, 9.17) is 19.3 Å². The quantitative estimate of drug-likeness (QED) is 0.299. The minimum atomic E-state index is -0.984. The third-order valence-electron chi connectivity index (χ3n) is 7.96. The molecule has 6 nitrogen and oxygen atoms in total. The molecule has 4 aromatic rings. The van der Waals surface area contributed by atoms with Crippen molar-refractivity contribution in [3.8, 4) is 11.4 Å². The Morgan fingerprint density at radius 3 is 2.59 bits per heavy atom. The summed E-state index contributed by atoms with van der Waals surface area (Å²) in [5.41, 5.74) is 4.65. The van der Waals surface area contributed by atoms with Gasteiger partial charge in [0.25, 0.3) is 0 Å². The molecule has 1 saturated carbocycles. The van der Waals surface area contributed by atoms with Crippen molar-refractivity contribution in [1.82, 2.24) is 4.57 Å². The number of hydrogen-bond donors (Lipinski definition) is 1. The van der Waals surface area contributed by atoms with Crippen molar-refractivity contribution in [2.24, 2.45) is 0 Å². The predicted molar refractivity (Wildman–Crippen MR) is 146 cm³/mol. The number of aryl methyl sites for hydroxylation is 1. The SMILES string of the molecule is Cc1cc(-n2c3c(c4c(OCc5ccccc5)cccc42)[C@]2(C[C@H](OCC(=O)O)C2)OCC3(C)C)ccc1F. The first kappa shape index (κ1) is 25.6. The fourth-order valence-corrected chi connectivity index (χ4v) is 6.05. The Labute approximate surface area is 226 Å². The summed E-state index contributed by atoms with van der Waals surface area (Å²) in [5, 5.41) is 10.1. The number of nitrogens with zero attached hydrogens (tertiary/aromatic N) is 1. The molecule has 1 spiro atoms. The molecule has 1 aliphatic carbocycles. The van der Waals surface area contributed by atoms with E-state index in [1.807, 2.05) is 54.6 Å². The van der Waals surface area contributed by atoms with Gasteiger partial charge in [-0.05, 0) is 48.4 Å². The second-order valence-electron chi connectivity index (χ2n) is 11.3. The number of hydrogen-bond acceptors (Lipinski definition) is 4. The van der Waals surface area contributed by atoms with Gasteiger partial charge in [-0.1, -0.05) is 50.2 Å². The van der Waals surface area contributed by atoms with Crippen molar-refractivity contribution >= 4 is 16.9 Å². The van der Waals surface area contributed by atoms with Gasteiger partial charge in [0.15, 0.2) is 0 Å². The molecule has 1 N–H and O–H groups in total. The second kappa shape index (κ2) is 9.50. The van der Waals surface area contributed by atoms with Crippen LogP contribution in [0.3, 0.4) is 0 Å². The monoisotopic (exact) mass is 529 g/mol. The summed E-state index contributed by atoms with van der Waals surface area (Å²) in [6, 6.07) is 21.3. The van der Waals surface area contributed by atoms with Gasteiger partial charge in [-0.2, -0.15) is 0 Å². The van der Waals surface area contributed by atoms with Crippen molar-refractivity contribution in [3.63, 3.8) is 0 Å². The van der Waals surface area contributed by atoms with Crippen LogP contribution in [0.15, 0.2) is 66.7 Å². The third-order valence-corrected chi connectivity index (χ3v) is 7.96. The molecule has 0 saturated heterocycles. The highest BCUT2D eigenvalue weighted by atomic mass is 19.1. The molecule has 202 valence electrons. The molecular formula is C32H32FNO5. The Morgan fingerprint density at radius 2 is 1.87 bits per heavy atom. The minimum Gasteiger partial charge on any atom is -0.488 e. The lowest BCUT2D eigenvalue weighted by molar-refractivity contribution is -0.198. The van der Waals surface area contributed by atoms with Crippen LogP contribution in [0.4, 0.5) is 4.39 Å². The highest BCUT2D eigenvalue weighted by molar-refractivity contribution is 5.94. The Kier molecular flexibility index (Phi) is 6.24. The van der Waals surface area contributed by atoms with Gasteiger partial charge < -0.3 is 23.9 Å². The van der Waals surface area contributed by atoms with Gasteiger partial charge in [-0.25, -0.2) is 9.18 Å². The maximum Gasteiger partial charge on any atom is 0.329 e. The van der Waals surface area contributed by atoms with Crippen LogP contribution in [0.25, 0.3) is 16.6 Å². The molecule has 0 unspecified atom stereocenters. The van der Waals surface area contributed by atoms with E-state index in [9.17, 15) is 9.18 Å². The van der Waals surface area contributed by atoms with E-state index in [1.165, 1.54) is 6.07 Å². The summed E-state index contributed by atoms with van der Waals surface area (Å²) in [4.78, 5) is 11.1. The lowest BCUT2D eigenvalue weighted by Gasteiger charge is -2.52. The summed E-state index contributed by atoms with van der Waals surface area (Å²) in [6.07, 6.45) is 0.898. The van der Waals surface area contributed by atoms with Crippen molar-refractivity contribution in [3.05, 3.63) is 94.9 Å². The number of aliphatic carboxylic acids is 1. The lowest BCUT2D eigenvalue weighted by Crippen LogP contribution is -2.54. The number of carboxylic acids is 1. The Hall–Kier alpha value is -3.68. The molecule has 0 radical (unpaired) electrons. The second-order valence-corrected chi connectivity index (χ2v) is 11.3. The van der Waals surface area contributed by atoms with Gasteiger partial charge in [-0.15, -0.1) is 0 Å². The first-order chi connectivity index (χ1) is 18.7. The van der Waals surface area contributed by atoms with Crippen LogP contribution in [0.5, 0.6) is 5.75 Å². The van der Waals surface area contributed by atoms with Gasteiger partial charge in [0.2, 0.25) is 0 Å². The fourth-order valence-electron chi connectivity index (χ4n) is 6.05. The molecule has 0 bridgehead atoms. The molecule has 0 atom stereocenters. The number of fused-ring (bicyclic) bond motifs is 4. The van der Waals surface area contributed by atoms with Crippen LogP contribution in [0, 0.1) is 12.7 Å². The van der Waals surface area contributed by atoms with Gasteiger partial charge in [-0.3, -0.25) is 0 Å². The number of aromatic nitrogens is 1. The van der Waals surface area contributed by atoms with Crippen molar-refractivity contribution in [2.45, 2.75) is 57.3 Å². The van der Waals surface area contributed by atoms with Crippen molar-refractivity contribution in [1.29, 1.82) is 0 Å². The summed E-state index contributed by atoms with van der Waals surface area (Å²) in [7, 11) is 0. The number of ether oxygens (including phenoxy) is 3. The smallest absolute Gasteiger partial charge is 0.329 e. The number of carbonyl (C=O) groups is 1. The number of halogens is 1. The fraction of sp³-hybridized carbons (Fsp3) is 0.344. The Balaban J connectivity index is 1.55. The van der Waals surface area contributed by atoms with Gasteiger partial charge in [0.1, 0.15) is 30.4 Å². The highest BCUT2D eigenvalue weighted by Gasteiger charge is 2.56. The van der Waals surface area contributed by atoms with Crippen LogP contribution in [-0.4, -0.2) is 35.0 Å². The average Bonchev–Trinajstić information content (AvgIpc) is 3.26. The van der Waals surface area contributed by atoms with Crippen LogP contribution < -0.4 is 4.74 Å². The third kappa shape index (κ3) is 4.39. The highest BCUT2D eigenvalue weighted by Crippen LogP contribution is 2.57. The van der Waals surface area contributed by atoms with E-state index in [2.05, 4.69) is 24.5 Å². The van der Waals surface area contributed by atoms with E-state index >= 15 is 0 Å². The molecule has 1 fully saturated rings. The summed E-state index contributed by atoms with van der Waals surface area (Å²) in [5.74, 6) is -0.476. The van der Waals surface area contributed by atoms with E-state index < -0.39 is 11.6 Å². The summed E-state index contributed by atoms with van der Waals surface area (Å²) in [6.45, 7) is 6.66. The lowest BCUT2D eigenvalue weighted by atomic mass is 9.67. The van der Waals surface area contributed by atoms with E-state index in [0.29, 0.717) is 31.6 Å². The van der Waals surface area contributed by atoms with Crippen LogP contribution in [-0.2, 0) is 31.9 Å². The van der Waals surface area contributed by atoms with Crippen LogP contribution >= 0.6 is 0 Å². The Morgan fingerprint density at radius 1 is 1.10 bits per heavy atom. The number of rotatable bonds is 7. The van der Waals surface area contributed by atoms with E-state index in [-0.39, 0.29) is 23.9 Å². The zero-order chi connectivity index (χ0) is 27.4. The van der Waals surface area contributed by atoms with Crippen molar-refractivity contribution in [2.75, 3.05) is 13.2 Å². The van der Waals surface area contributed by atoms with Gasteiger partial charge >= 0.3 is 5.97 Å². The normalized spacial score (nSPS) is 21.5. The Bertz CT molecular complexity index is 1550. The van der Waals surface area contributed by atoms with Gasteiger partial charge in [0, 0.05) is 40.6 Å². The molecule has 1 aliphatic heterocycles. The molecule has 3 aromatic carbocycles. The molecule has 1 aromatic heterocycles. The van der Waals surface area contributed by atoms with E-state index in [0.717, 1.165) is 39.2 Å². The standard InChI is InChI=1S/C32H32FNO5/c1-20-14-22(12-13-24(20)33)34-25-10-7-11-26(38-17-21-8-5-4-6-9-21)28(25)29-30(34)31(2,3)19-39-32(29)15-23(16-32)37-18-27(35)36/h4-14,23H,15-19H2,1-3H3,(H,35,36)/t23-,32+. The first-order valence-electron chi connectivity index (χ1n) is 13.3. The minimum absolute atomic E-state index is 0.209. The largest absolute Gasteiger partial charge is 0.488 e. The number of carboxylic acid groups (broad SMARTS) is 1. The molecule has 7 heteroatoms. The zero-order valence-electron chi connectivity index (χ0n) is 22.4. The zero-order valence-corrected chi connectivity index (χ0v) is 22.4. The van der Waals surface area contributed by atoms with Crippen molar-refractivity contribution < 1.29 is 28.5 Å². The van der Waals surface area contributed by atoms with Gasteiger partial charge in [0.05, 0.1) is 18.2 Å². The van der Waals surface area contributed by atoms with Crippen LogP contribution in [0.1, 0.15) is 49.1 Å². The van der Waals surface area contributed by atoms with E-state index in [1.54, 1.807) is 6.92 Å². The molecule has 2 aliphatic rings. The maximum atomic E-state index is 14.3. The molecular weight excluding hydrogens is 497 g/mol. The topological polar surface area (TPSA) is 69.9 Å². The molecule has 6 rings (SSSR count). The van der Waals surface area contributed by atoms with Crippen LogP contribution in [0.2, 0.25) is 0 Å². The molecule has 39 heavy (non-hydrogen) atoms. The molecule has 0 amide bonds. The average molecular weight is 530 g/mol. The summed E-state index contributed by atoms with van der Waals surface area (Å²) >= 11 is 0. The molecule has 2 heterocycles. The summed E-state index contributed by atoms with van der Waals surface area (Å²) < 4.78 is 35.3. The first-order valence-corrected chi connectivity index (χ1v) is 13.3. The maximum absolute atomic E-state index is 14.3. The predicted octanol–water partition coefficient (Wildman–Crippen LogP) is 6.42.